The van der Waals surface area contributed by atoms with Crippen molar-refractivity contribution in [3.8, 4) is 0 Å². The topological polar surface area (TPSA) is 117 Å². The molecule has 1 aliphatic rings. The molecule has 0 aliphatic carbocycles. The number of carboxylic acid groups (broad SMARTS) is 1. The van der Waals surface area contributed by atoms with Crippen molar-refractivity contribution in [1.29, 1.82) is 0 Å². The summed E-state index contributed by atoms with van der Waals surface area (Å²) in [5.41, 5.74) is 3.17. The molecule has 2 N–H and O–H groups in total. The normalized spacial score (nSPS) is 18.8. The molecule has 3 heterocycles. The molecular formula is C16H16N4O5S. The number of carboxylic acids is 1. The lowest BCUT2D eigenvalue weighted by Crippen LogP contribution is -2.38. The average molecular weight is 376 g/mol. The highest BCUT2D eigenvalue weighted by Crippen LogP contribution is 2.31. The molecular weight excluding hydrogens is 360 g/mol. The Morgan fingerprint density at radius 1 is 1.50 bits per heavy atom. The Hall–Kier alpha value is -3.14. The van der Waals surface area contributed by atoms with Gasteiger partial charge in [0.25, 0.3) is 0 Å². The van der Waals surface area contributed by atoms with Gasteiger partial charge in [-0.05, 0) is 18.2 Å². The zero-order chi connectivity index (χ0) is 18.7. The molecule has 10 heteroatoms. The van der Waals surface area contributed by atoms with Gasteiger partial charge in [-0.3, -0.25) is 10.2 Å². The van der Waals surface area contributed by atoms with Crippen LogP contribution in [0.5, 0.6) is 0 Å². The molecule has 26 heavy (non-hydrogen) atoms. The third-order valence-corrected chi connectivity index (χ3v) is 4.47. The van der Waals surface area contributed by atoms with Crippen molar-refractivity contribution in [3.63, 3.8) is 0 Å². The summed E-state index contributed by atoms with van der Waals surface area (Å²) in [4.78, 5) is 32.1. The van der Waals surface area contributed by atoms with Gasteiger partial charge in [-0.2, -0.15) is 0 Å². The van der Waals surface area contributed by atoms with Gasteiger partial charge >= 0.3 is 5.97 Å². The van der Waals surface area contributed by atoms with Crippen molar-refractivity contribution >= 4 is 39.8 Å². The van der Waals surface area contributed by atoms with Crippen molar-refractivity contribution in [2.24, 2.45) is 10.1 Å². The van der Waals surface area contributed by atoms with Gasteiger partial charge in [0.05, 0.1) is 6.26 Å². The van der Waals surface area contributed by atoms with E-state index in [1.54, 1.807) is 29.8 Å². The Labute approximate surface area is 152 Å². The first-order chi connectivity index (χ1) is 12.5. The van der Waals surface area contributed by atoms with E-state index in [2.05, 4.69) is 20.4 Å². The quantitative estimate of drug-likeness (QED) is 0.611. The second-order valence-corrected chi connectivity index (χ2v) is 6.29. The number of hydrogen-bond donors (Lipinski definition) is 2. The predicted octanol–water partition coefficient (Wildman–Crippen LogP) is 2.30. The van der Waals surface area contributed by atoms with Crippen LogP contribution >= 0.6 is 11.3 Å². The van der Waals surface area contributed by atoms with E-state index in [0.717, 1.165) is 0 Å². The van der Waals surface area contributed by atoms with Crippen LogP contribution in [-0.4, -0.2) is 40.6 Å². The van der Waals surface area contributed by atoms with E-state index >= 15 is 0 Å². The highest BCUT2D eigenvalue weighted by Gasteiger charge is 2.34. The number of amides is 1. The Bertz CT molecular complexity index is 871. The molecule has 0 radical (unpaired) electrons. The Kier molecular flexibility index (Phi) is 5.03. The van der Waals surface area contributed by atoms with Crippen molar-refractivity contribution in [2.75, 3.05) is 7.11 Å². The number of amidine groups is 1. The number of nitrogens with zero attached hydrogens (tertiary/aromatic N) is 3. The molecule has 3 rings (SSSR count). The Morgan fingerprint density at radius 2 is 2.31 bits per heavy atom. The standard InChI is InChI=1S/C16H16N4O5S/c1-9(21)20-11(12-4-3-5-25-12)7-13(18-20)17-14-6-10(8-26-14)15(16(22)23)19-24-2/h3-6,8,11H,7H2,1-2H3,(H,17,18)(H,22,23)/b19-15+/t11-/m1/s1. The van der Waals surface area contributed by atoms with Gasteiger partial charge in [0.15, 0.2) is 5.71 Å². The maximum Gasteiger partial charge on any atom is 0.358 e. The molecule has 136 valence electrons. The molecule has 1 atom stereocenters. The van der Waals surface area contributed by atoms with Gasteiger partial charge in [0.2, 0.25) is 5.91 Å². The third kappa shape index (κ3) is 3.59. The van der Waals surface area contributed by atoms with Gasteiger partial charge in [-0.1, -0.05) is 5.16 Å². The highest BCUT2D eigenvalue weighted by atomic mass is 32.1. The average Bonchev–Trinajstić information content (AvgIpc) is 3.32. The maximum atomic E-state index is 11.9. The van der Waals surface area contributed by atoms with E-state index in [9.17, 15) is 14.7 Å². The van der Waals surface area contributed by atoms with E-state index in [1.165, 1.54) is 30.4 Å². The maximum absolute atomic E-state index is 11.9. The van der Waals surface area contributed by atoms with Crippen LogP contribution in [0.25, 0.3) is 0 Å². The van der Waals surface area contributed by atoms with Crippen molar-refractivity contribution in [2.45, 2.75) is 19.4 Å². The summed E-state index contributed by atoms with van der Waals surface area (Å²) in [6, 6.07) is 4.88. The van der Waals surface area contributed by atoms with Gasteiger partial charge < -0.3 is 14.4 Å². The van der Waals surface area contributed by atoms with Crippen LogP contribution in [0, 0.1) is 0 Å². The molecule has 2 aromatic heterocycles. The lowest BCUT2D eigenvalue weighted by atomic mass is 10.1. The van der Waals surface area contributed by atoms with Crippen LogP contribution in [0.3, 0.4) is 0 Å². The summed E-state index contributed by atoms with van der Waals surface area (Å²) in [5, 5.41) is 16.4. The molecule has 1 saturated heterocycles. The monoisotopic (exact) mass is 376 g/mol. The van der Waals surface area contributed by atoms with E-state index in [4.69, 9.17) is 4.42 Å². The summed E-state index contributed by atoms with van der Waals surface area (Å²) >= 11 is 1.26. The lowest BCUT2D eigenvalue weighted by Gasteiger charge is -2.20. The molecule has 0 spiro atoms. The van der Waals surface area contributed by atoms with E-state index in [1.807, 2.05) is 0 Å². The van der Waals surface area contributed by atoms with Gasteiger partial charge in [-0.15, -0.1) is 11.3 Å². The minimum absolute atomic E-state index is 0.163. The number of furan rings is 1. The van der Waals surface area contributed by atoms with Crippen LogP contribution in [0.1, 0.15) is 30.7 Å². The summed E-state index contributed by atoms with van der Waals surface area (Å²) in [7, 11) is 1.28. The molecule has 0 bridgehead atoms. The second-order valence-electron chi connectivity index (χ2n) is 5.40. The van der Waals surface area contributed by atoms with Crippen LogP contribution in [0.2, 0.25) is 0 Å². The first-order valence-corrected chi connectivity index (χ1v) is 8.48. The van der Waals surface area contributed by atoms with Crippen molar-refractivity contribution in [3.05, 3.63) is 41.2 Å². The zero-order valence-corrected chi connectivity index (χ0v) is 14.8. The van der Waals surface area contributed by atoms with E-state index in [-0.39, 0.29) is 17.7 Å². The van der Waals surface area contributed by atoms with Crippen LogP contribution < -0.4 is 5.43 Å². The van der Waals surface area contributed by atoms with Gasteiger partial charge in [0.1, 0.15) is 29.7 Å². The van der Waals surface area contributed by atoms with Crippen LogP contribution in [-0.2, 0) is 14.4 Å². The van der Waals surface area contributed by atoms with Crippen molar-refractivity contribution < 1.29 is 24.0 Å². The number of thiophene rings is 1. The smallest absolute Gasteiger partial charge is 0.358 e. The molecule has 1 aliphatic heterocycles. The zero-order valence-electron chi connectivity index (χ0n) is 14.0. The van der Waals surface area contributed by atoms with Gasteiger partial charge in [0, 0.05) is 24.3 Å². The fourth-order valence-corrected chi connectivity index (χ4v) is 3.35. The highest BCUT2D eigenvalue weighted by molar-refractivity contribution is 7.14. The summed E-state index contributed by atoms with van der Waals surface area (Å²) in [6.45, 7) is 1.45. The first-order valence-electron chi connectivity index (χ1n) is 7.60. The number of hydrogen-bond acceptors (Lipinski definition) is 7. The first kappa shape index (κ1) is 17.7. The molecule has 1 amide bonds. The molecule has 0 aromatic carbocycles. The third-order valence-electron chi connectivity index (χ3n) is 3.65. The number of nitrogens with one attached hydrogen (secondary N) is 1. The minimum Gasteiger partial charge on any atom is -0.476 e. The van der Waals surface area contributed by atoms with Gasteiger partial charge in [-0.25, -0.2) is 14.8 Å². The Balaban J connectivity index is 1.84. The molecule has 9 nitrogen and oxygen atoms in total. The Morgan fingerprint density at radius 3 is 2.92 bits per heavy atom. The molecule has 1 fully saturated rings. The number of carbonyl (C=O) groups excluding carboxylic acids is 1. The summed E-state index contributed by atoms with van der Waals surface area (Å²) in [6.07, 6.45) is 2.01. The number of rotatable bonds is 5. The van der Waals surface area contributed by atoms with Crippen LogP contribution in [0.4, 0.5) is 5.00 Å². The van der Waals surface area contributed by atoms with Crippen molar-refractivity contribution in [1.82, 2.24) is 10.4 Å². The minimum atomic E-state index is -1.19. The number of carbonyl (C=O) groups is 2. The predicted molar refractivity (Wildman–Crippen MR) is 94.3 cm³/mol. The number of aliphatic imine (C=N–C) groups is 1. The summed E-state index contributed by atoms with van der Waals surface area (Å²) < 4.78 is 5.40. The summed E-state index contributed by atoms with van der Waals surface area (Å²) in [5.74, 6) is -0.118. The molecule has 0 unspecified atom stereocenters. The van der Waals surface area contributed by atoms with Crippen LogP contribution in [0.15, 0.2) is 44.4 Å². The molecule has 0 saturated carbocycles. The SMILES string of the molecule is CO/N=C(/C(=O)O)c1csc(/N=C2/C[C@H](c3ccco3)N(C(C)=O)N2)c1. The fraction of sp³-hybridized carbons (Fsp3) is 0.250. The fourth-order valence-electron chi connectivity index (χ4n) is 2.56. The van der Waals surface area contributed by atoms with E-state index < -0.39 is 5.97 Å². The second kappa shape index (κ2) is 7.40. The number of oxime groups is 1. The number of hydrazine groups is 1. The lowest BCUT2D eigenvalue weighted by molar-refractivity contribution is -0.132. The largest absolute Gasteiger partial charge is 0.476 e. The number of aliphatic carboxylic acids is 1. The molecule has 2 aromatic rings. The van der Waals surface area contributed by atoms with E-state index in [0.29, 0.717) is 28.6 Å².